The van der Waals surface area contributed by atoms with Gasteiger partial charge in [0.2, 0.25) is 0 Å². The van der Waals surface area contributed by atoms with Gasteiger partial charge in [-0.1, -0.05) is 0 Å². The van der Waals surface area contributed by atoms with Crippen molar-refractivity contribution in [1.29, 1.82) is 0 Å². The predicted molar refractivity (Wildman–Crippen MR) is 81.6 cm³/mol. The molecular formula is C15H24N6. The molecule has 0 amide bonds. The fraction of sp³-hybridized carbons (Fsp3) is 0.600. The van der Waals surface area contributed by atoms with E-state index in [9.17, 15) is 0 Å². The molecule has 0 radical (unpaired) electrons. The molecule has 0 unspecified atom stereocenters. The molecule has 21 heavy (non-hydrogen) atoms. The maximum absolute atomic E-state index is 4.43. The molecule has 0 atom stereocenters. The van der Waals surface area contributed by atoms with Crippen molar-refractivity contribution in [2.24, 2.45) is 14.1 Å². The molecule has 3 heterocycles. The van der Waals surface area contributed by atoms with Crippen LogP contribution in [0.2, 0.25) is 0 Å². The summed E-state index contributed by atoms with van der Waals surface area (Å²) in [5.74, 6) is 2.29. The van der Waals surface area contributed by atoms with Gasteiger partial charge in [-0.05, 0) is 19.5 Å². The summed E-state index contributed by atoms with van der Waals surface area (Å²) in [7, 11) is 4.13. The summed E-state index contributed by atoms with van der Waals surface area (Å²) in [4.78, 5) is 13.9. The number of hydrogen-bond donors (Lipinski definition) is 0. The van der Waals surface area contributed by atoms with Crippen LogP contribution in [0.1, 0.15) is 18.1 Å². The highest BCUT2D eigenvalue weighted by molar-refractivity contribution is 4.93. The molecule has 0 aliphatic carbocycles. The first kappa shape index (κ1) is 14.3. The molecule has 3 rings (SSSR count). The van der Waals surface area contributed by atoms with E-state index in [-0.39, 0.29) is 0 Å². The third-order valence-corrected chi connectivity index (χ3v) is 4.25. The van der Waals surface area contributed by atoms with E-state index in [2.05, 4.69) is 43.0 Å². The summed E-state index contributed by atoms with van der Waals surface area (Å²) >= 11 is 0. The number of aromatic nitrogens is 4. The minimum absolute atomic E-state index is 0.944. The van der Waals surface area contributed by atoms with E-state index >= 15 is 0 Å². The molecule has 6 heteroatoms. The van der Waals surface area contributed by atoms with Crippen LogP contribution in [0.5, 0.6) is 0 Å². The van der Waals surface area contributed by atoms with E-state index in [1.165, 1.54) is 6.42 Å². The molecule has 0 aromatic carbocycles. The highest BCUT2D eigenvalue weighted by atomic mass is 15.2. The van der Waals surface area contributed by atoms with Crippen molar-refractivity contribution in [1.82, 2.24) is 28.9 Å². The molecular weight excluding hydrogens is 264 g/mol. The van der Waals surface area contributed by atoms with Gasteiger partial charge in [0.25, 0.3) is 0 Å². The largest absolute Gasteiger partial charge is 0.337 e. The average Bonchev–Trinajstić information content (AvgIpc) is 2.97. The lowest BCUT2D eigenvalue weighted by atomic mass is 10.3. The molecule has 0 spiro atoms. The molecule has 1 aliphatic heterocycles. The summed E-state index contributed by atoms with van der Waals surface area (Å²) in [5, 5.41) is 0. The van der Waals surface area contributed by atoms with Gasteiger partial charge in [0, 0.05) is 52.0 Å². The van der Waals surface area contributed by atoms with Gasteiger partial charge in [-0.25, -0.2) is 9.97 Å². The van der Waals surface area contributed by atoms with Gasteiger partial charge in [0.15, 0.2) is 0 Å². The van der Waals surface area contributed by atoms with E-state index in [1.54, 1.807) is 0 Å². The summed E-state index contributed by atoms with van der Waals surface area (Å²) in [6, 6.07) is 0. The minimum atomic E-state index is 0.944. The quantitative estimate of drug-likeness (QED) is 0.837. The van der Waals surface area contributed by atoms with E-state index in [1.807, 2.05) is 24.8 Å². The van der Waals surface area contributed by atoms with Crippen LogP contribution in [0.4, 0.5) is 0 Å². The number of nitrogens with zero attached hydrogens (tertiary/aromatic N) is 6. The van der Waals surface area contributed by atoms with Crippen LogP contribution in [-0.4, -0.2) is 55.1 Å². The van der Waals surface area contributed by atoms with E-state index < -0.39 is 0 Å². The molecule has 1 saturated heterocycles. The Kier molecular flexibility index (Phi) is 4.36. The summed E-state index contributed by atoms with van der Waals surface area (Å²) in [6.45, 7) is 6.36. The van der Waals surface area contributed by atoms with Crippen molar-refractivity contribution >= 4 is 0 Å². The van der Waals surface area contributed by atoms with Gasteiger partial charge in [-0.15, -0.1) is 0 Å². The highest BCUT2D eigenvalue weighted by Gasteiger charge is 2.17. The Balaban J connectivity index is 1.54. The average molecular weight is 288 g/mol. The SMILES string of the molecule is Cn1ccnc1CN1CCCN(Cc2nccn2C)CC1. The van der Waals surface area contributed by atoms with Crippen molar-refractivity contribution in [3.8, 4) is 0 Å². The van der Waals surface area contributed by atoms with Gasteiger partial charge in [0.1, 0.15) is 11.6 Å². The predicted octanol–water partition coefficient (Wildman–Crippen LogP) is 0.861. The first-order valence-corrected chi connectivity index (χ1v) is 7.59. The van der Waals surface area contributed by atoms with Crippen LogP contribution in [-0.2, 0) is 27.2 Å². The van der Waals surface area contributed by atoms with Crippen LogP contribution in [0, 0.1) is 0 Å². The molecule has 0 saturated carbocycles. The first-order chi connectivity index (χ1) is 10.2. The smallest absolute Gasteiger partial charge is 0.122 e. The molecule has 1 aliphatic rings. The van der Waals surface area contributed by atoms with Gasteiger partial charge in [-0.3, -0.25) is 9.80 Å². The van der Waals surface area contributed by atoms with Crippen molar-refractivity contribution in [3.63, 3.8) is 0 Å². The molecule has 1 fully saturated rings. The Morgan fingerprint density at radius 1 is 0.810 bits per heavy atom. The lowest BCUT2D eigenvalue weighted by Gasteiger charge is -2.21. The zero-order chi connectivity index (χ0) is 14.7. The normalized spacial score (nSPS) is 18.0. The van der Waals surface area contributed by atoms with E-state index in [4.69, 9.17) is 0 Å². The van der Waals surface area contributed by atoms with Crippen molar-refractivity contribution in [3.05, 3.63) is 36.4 Å². The van der Waals surface area contributed by atoms with E-state index in [0.29, 0.717) is 0 Å². The first-order valence-electron chi connectivity index (χ1n) is 7.59. The zero-order valence-electron chi connectivity index (χ0n) is 12.9. The fourth-order valence-electron chi connectivity index (χ4n) is 2.84. The second-order valence-corrected chi connectivity index (χ2v) is 5.81. The Morgan fingerprint density at radius 2 is 1.29 bits per heavy atom. The molecule has 114 valence electrons. The Morgan fingerprint density at radius 3 is 1.67 bits per heavy atom. The highest BCUT2D eigenvalue weighted by Crippen LogP contribution is 2.10. The molecule has 0 bridgehead atoms. The van der Waals surface area contributed by atoms with Crippen LogP contribution in [0.3, 0.4) is 0 Å². The van der Waals surface area contributed by atoms with Crippen LogP contribution in [0.25, 0.3) is 0 Å². The molecule has 2 aromatic heterocycles. The fourth-order valence-corrected chi connectivity index (χ4v) is 2.84. The van der Waals surface area contributed by atoms with E-state index in [0.717, 1.165) is 50.9 Å². The molecule has 0 N–H and O–H groups in total. The second-order valence-electron chi connectivity index (χ2n) is 5.81. The second kappa shape index (κ2) is 6.41. The Bertz CT molecular complexity index is 522. The number of aryl methyl sites for hydroxylation is 2. The van der Waals surface area contributed by atoms with Crippen molar-refractivity contribution < 1.29 is 0 Å². The van der Waals surface area contributed by atoms with Gasteiger partial charge in [0.05, 0.1) is 13.1 Å². The summed E-state index contributed by atoms with van der Waals surface area (Å²) < 4.78 is 4.22. The lowest BCUT2D eigenvalue weighted by molar-refractivity contribution is 0.238. The van der Waals surface area contributed by atoms with Gasteiger partial charge >= 0.3 is 0 Å². The minimum Gasteiger partial charge on any atom is -0.337 e. The van der Waals surface area contributed by atoms with Crippen LogP contribution >= 0.6 is 0 Å². The number of imidazole rings is 2. The van der Waals surface area contributed by atoms with Crippen molar-refractivity contribution in [2.45, 2.75) is 19.5 Å². The monoisotopic (exact) mass is 288 g/mol. The van der Waals surface area contributed by atoms with Gasteiger partial charge in [-0.2, -0.15) is 0 Å². The zero-order valence-corrected chi connectivity index (χ0v) is 12.9. The molecule has 2 aromatic rings. The third kappa shape index (κ3) is 3.51. The maximum atomic E-state index is 4.43. The maximum Gasteiger partial charge on any atom is 0.122 e. The van der Waals surface area contributed by atoms with Crippen LogP contribution < -0.4 is 0 Å². The standard InChI is InChI=1S/C15H24N6/c1-18-8-4-16-14(18)12-20-6-3-7-21(11-10-20)13-15-17-5-9-19(15)2/h4-5,8-9H,3,6-7,10-13H2,1-2H3. The van der Waals surface area contributed by atoms with Crippen LogP contribution in [0.15, 0.2) is 24.8 Å². The summed E-state index contributed by atoms with van der Waals surface area (Å²) in [5.41, 5.74) is 0. The number of hydrogen-bond acceptors (Lipinski definition) is 4. The number of rotatable bonds is 4. The summed E-state index contributed by atoms with van der Waals surface area (Å²) in [6.07, 6.45) is 8.98. The molecule has 6 nitrogen and oxygen atoms in total. The topological polar surface area (TPSA) is 42.1 Å². The van der Waals surface area contributed by atoms with Gasteiger partial charge < -0.3 is 9.13 Å². The third-order valence-electron chi connectivity index (χ3n) is 4.25. The van der Waals surface area contributed by atoms with Crippen molar-refractivity contribution in [2.75, 3.05) is 26.2 Å². The Labute approximate surface area is 126 Å². The Hall–Kier alpha value is -1.66. The lowest BCUT2D eigenvalue weighted by Crippen LogP contribution is -2.31.